The van der Waals surface area contributed by atoms with Gasteiger partial charge in [0.2, 0.25) is 0 Å². The van der Waals surface area contributed by atoms with Gasteiger partial charge in [-0.2, -0.15) is 0 Å². The van der Waals surface area contributed by atoms with Crippen LogP contribution in [-0.2, 0) is 13.0 Å². The van der Waals surface area contributed by atoms with Crippen molar-refractivity contribution >= 4 is 5.69 Å². The second-order valence-electron chi connectivity index (χ2n) is 8.55. The Morgan fingerprint density at radius 3 is 2.24 bits per heavy atom. The van der Waals surface area contributed by atoms with Crippen LogP contribution in [0, 0.1) is 16.0 Å². The van der Waals surface area contributed by atoms with E-state index < -0.39 is 4.92 Å². The molecule has 1 unspecified atom stereocenters. The first-order valence-corrected chi connectivity index (χ1v) is 11.5. The predicted octanol–water partition coefficient (Wildman–Crippen LogP) is 5.85. The van der Waals surface area contributed by atoms with Gasteiger partial charge in [0.1, 0.15) is 18.6 Å². The number of nitrogens with zero attached hydrogens (tertiary/aromatic N) is 2. The molecule has 1 fully saturated rings. The molecule has 1 saturated heterocycles. The lowest BCUT2D eigenvalue weighted by Gasteiger charge is -2.36. The number of likely N-dealkylation sites (tertiary alicyclic amines) is 1. The average Bonchev–Trinajstić information content (AvgIpc) is 2.85. The molecule has 0 aliphatic carbocycles. The lowest BCUT2D eigenvalue weighted by molar-refractivity contribution is -0.386. The highest BCUT2D eigenvalue weighted by molar-refractivity contribution is 5.51. The fourth-order valence-electron chi connectivity index (χ4n) is 4.31. The van der Waals surface area contributed by atoms with Crippen LogP contribution in [0.15, 0.2) is 78.9 Å². The molecule has 0 spiro atoms. The van der Waals surface area contributed by atoms with Crippen LogP contribution < -0.4 is 9.47 Å². The zero-order valence-electron chi connectivity index (χ0n) is 18.9. The normalized spacial score (nSPS) is 15.7. The summed E-state index contributed by atoms with van der Waals surface area (Å²) in [7, 11) is 0. The molecule has 0 amide bonds. The molecule has 0 saturated carbocycles. The summed E-state index contributed by atoms with van der Waals surface area (Å²) in [5.41, 5.74) is 2.26. The van der Waals surface area contributed by atoms with Crippen molar-refractivity contribution in [3.63, 3.8) is 0 Å². The number of nitro benzene ring substituents is 1. The molecular weight excluding hydrogens is 416 g/mol. The third-order valence-electron chi connectivity index (χ3n) is 6.20. The molecule has 3 aromatic rings. The third kappa shape index (κ3) is 6.33. The van der Waals surface area contributed by atoms with Crippen molar-refractivity contribution < 1.29 is 14.4 Å². The Hall–Kier alpha value is -3.38. The topological polar surface area (TPSA) is 64.8 Å². The van der Waals surface area contributed by atoms with Crippen LogP contribution in [0.1, 0.15) is 30.9 Å². The molecule has 0 N–H and O–H groups in total. The fraction of sp³-hybridized carbons (Fsp3) is 0.333. The Bertz CT molecular complexity index is 1030. The number of benzene rings is 3. The molecule has 4 rings (SSSR count). The van der Waals surface area contributed by atoms with Crippen LogP contribution in [0.5, 0.6) is 11.5 Å². The average molecular weight is 447 g/mol. The van der Waals surface area contributed by atoms with Gasteiger partial charge in [0.05, 0.1) is 11.0 Å². The van der Waals surface area contributed by atoms with Gasteiger partial charge < -0.3 is 9.47 Å². The maximum atomic E-state index is 11.6. The summed E-state index contributed by atoms with van der Waals surface area (Å²) in [4.78, 5) is 13.5. The van der Waals surface area contributed by atoms with Crippen molar-refractivity contribution in [3.05, 3.63) is 100 Å². The zero-order chi connectivity index (χ0) is 23.0. The Morgan fingerprint density at radius 1 is 0.970 bits per heavy atom. The van der Waals surface area contributed by atoms with E-state index in [0.29, 0.717) is 11.7 Å². The van der Waals surface area contributed by atoms with Crippen LogP contribution in [0.25, 0.3) is 0 Å². The molecule has 1 aliphatic heterocycles. The van der Waals surface area contributed by atoms with E-state index >= 15 is 0 Å². The summed E-state index contributed by atoms with van der Waals surface area (Å²) in [5.74, 6) is 1.40. The monoisotopic (exact) mass is 446 g/mol. The predicted molar refractivity (Wildman–Crippen MR) is 128 cm³/mol. The van der Waals surface area contributed by atoms with Gasteiger partial charge in [-0.1, -0.05) is 60.7 Å². The maximum absolute atomic E-state index is 11.6. The first-order valence-electron chi connectivity index (χ1n) is 11.5. The first kappa shape index (κ1) is 22.8. The standard InChI is InChI=1S/C27H30N2O4/c1-21(28-16-14-23(15-17-28)18-22-8-4-2-5-9-22)33-25-12-13-27(26(19-25)29(30)31)32-20-24-10-6-3-7-11-24/h2-13,19,21,23H,14-18,20H2,1H3. The summed E-state index contributed by atoms with van der Waals surface area (Å²) in [5, 5.41) is 11.6. The molecule has 1 aliphatic rings. The molecular formula is C27H30N2O4. The van der Waals surface area contributed by atoms with Gasteiger partial charge in [0.25, 0.3) is 0 Å². The molecule has 6 nitrogen and oxygen atoms in total. The minimum Gasteiger partial charge on any atom is -0.482 e. The highest BCUT2D eigenvalue weighted by Gasteiger charge is 2.25. The van der Waals surface area contributed by atoms with E-state index in [-0.39, 0.29) is 24.3 Å². The van der Waals surface area contributed by atoms with E-state index in [2.05, 4.69) is 35.2 Å². The SMILES string of the molecule is CC(Oc1ccc(OCc2ccccc2)c([N+](=O)[O-])c1)N1CCC(Cc2ccccc2)CC1. The number of piperidine rings is 1. The van der Waals surface area contributed by atoms with Crippen molar-refractivity contribution in [2.75, 3.05) is 13.1 Å². The van der Waals surface area contributed by atoms with Gasteiger partial charge in [0, 0.05) is 13.1 Å². The van der Waals surface area contributed by atoms with Gasteiger partial charge in [-0.25, -0.2) is 0 Å². The molecule has 1 heterocycles. The minimum atomic E-state index is -0.424. The lowest BCUT2D eigenvalue weighted by Crippen LogP contribution is -2.43. The zero-order valence-corrected chi connectivity index (χ0v) is 18.9. The van der Waals surface area contributed by atoms with Gasteiger partial charge in [-0.3, -0.25) is 15.0 Å². The fourth-order valence-corrected chi connectivity index (χ4v) is 4.31. The van der Waals surface area contributed by atoms with E-state index in [0.717, 1.165) is 37.9 Å². The number of hydrogen-bond donors (Lipinski definition) is 0. The first-order chi connectivity index (χ1) is 16.1. The second kappa shape index (κ2) is 11.0. The number of ether oxygens (including phenoxy) is 2. The van der Waals surface area contributed by atoms with Crippen molar-refractivity contribution in [2.45, 2.75) is 39.0 Å². The van der Waals surface area contributed by atoms with Crippen molar-refractivity contribution in [1.82, 2.24) is 4.90 Å². The molecule has 0 radical (unpaired) electrons. The molecule has 33 heavy (non-hydrogen) atoms. The van der Waals surface area contributed by atoms with E-state index in [1.807, 2.05) is 37.3 Å². The number of nitro groups is 1. The largest absolute Gasteiger partial charge is 0.482 e. The Balaban J connectivity index is 1.32. The Kier molecular flexibility index (Phi) is 7.58. The molecule has 6 heteroatoms. The van der Waals surface area contributed by atoms with Crippen molar-refractivity contribution in [2.24, 2.45) is 5.92 Å². The summed E-state index contributed by atoms with van der Waals surface area (Å²) < 4.78 is 11.8. The van der Waals surface area contributed by atoms with Gasteiger partial charge >= 0.3 is 5.69 Å². The molecule has 0 aromatic heterocycles. The lowest BCUT2D eigenvalue weighted by atomic mass is 9.90. The quantitative estimate of drug-likeness (QED) is 0.305. The van der Waals surface area contributed by atoms with Crippen LogP contribution in [0.4, 0.5) is 5.69 Å². The molecule has 0 bridgehead atoms. The van der Waals surface area contributed by atoms with Crippen LogP contribution in [-0.4, -0.2) is 29.1 Å². The second-order valence-corrected chi connectivity index (χ2v) is 8.55. The van der Waals surface area contributed by atoms with Gasteiger partial charge in [-0.05, 0) is 55.4 Å². The maximum Gasteiger partial charge on any atom is 0.314 e. The van der Waals surface area contributed by atoms with Crippen molar-refractivity contribution in [1.29, 1.82) is 0 Å². The van der Waals surface area contributed by atoms with E-state index in [9.17, 15) is 10.1 Å². The van der Waals surface area contributed by atoms with Crippen LogP contribution in [0.2, 0.25) is 0 Å². The molecule has 1 atom stereocenters. The minimum absolute atomic E-state index is 0.0859. The van der Waals surface area contributed by atoms with Crippen LogP contribution >= 0.6 is 0 Å². The smallest absolute Gasteiger partial charge is 0.314 e. The Morgan fingerprint density at radius 2 is 1.61 bits per heavy atom. The summed E-state index contributed by atoms with van der Waals surface area (Å²) >= 11 is 0. The van der Waals surface area contributed by atoms with Gasteiger partial charge in [-0.15, -0.1) is 0 Å². The third-order valence-corrected chi connectivity index (χ3v) is 6.20. The summed E-state index contributed by atoms with van der Waals surface area (Å²) in [6, 6.07) is 25.0. The van der Waals surface area contributed by atoms with Crippen LogP contribution in [0.3, 0.4) is 0 Å². The molecule has 3 aromatic carbocycles. The number of hydrogen-bond acceptors (Lipinski definition) is 5. The summed E-state index contributed by atoms with van der Waals surface area (Å²) in [6.45, 7) is 4.19. The van der Waals surface area contributed by atoms with Gasteiger partial charge in [0.15, 0.2) is 5.75 Å². The highest BCUT2D eigenvalue weighted by Crippen LogP contribution is 2.33. The van der Waals surface area contributed by atoms with Crippen molar-refractivity contribution in [3.8, 4) is 11.5 Å². The molecule has 172 valence electrons. The summed E-state index contributed by atoms with van der Waals surface area (Å²) in [6.07, 6.45) is 3.20. The van der Waals surface area contributed by atoms with E-state index in [1.165, 1.54) is 11.6 Å². The highest BCUT2D eigenvalue weighted by atomic mass is 16.6. The number of rotatable bonds is 9. The Labute approximate surface area is 194 Å². The van der Waals surface area contributed by atoms with E-state index in [4.69, 9.17) is 9.47 Å². The van der Waals surface area contributed by atoms with E-state index in [1.54, 1.807) is 12.1 Å².